The number of ether oxygens (including phenoxy) is 1. The second-order valence-corrected chi connectivity index (χ2v) is 7.63. The van der Waals surface area contributed by atoms with E-state index in [0.717, 1.165) is 31.1 Å². The van der Waals surface area contributed by atoms with Crippen molar-refractivity contribution in [3.8, 4) is 0 Å². The topological polar surface area (TPSA) is 41.6 Å². The van der Waals surface area contributed by atoms with Crippen LogP contribution in [-0.4, -0.2) is 43.3 Å². The van der Waals surface area contributed by atoms with Crippen molar-refractivity contribution in [2.45, 2.75) is 38.7 Å². The van der Waals surface area contributed by atoms with Crippen LogP contribution in [0.15, 0.2) is 24.3 Å². The number of hydrogen-bond acceptors (Lipinski definition) is 3. The molecule has 1 heterocycles. The molecule has 1 amide bonds. The minimum Gasteiger partial charge on any atom is -0.444 e. The molecule has 1 aliphatic rings. The van der Waals surface area contributed by atoms with Crippen LogP contribution in [0, 0.1) is 5.92 Å². The molecule has 1 aromatic rings. The van der Waals surface area contributed by atoms with Gasteiger partial charge < -0.3 is 15.0 Å². The maximum Gasteiger partial charge on any atom is 0.410 e. The number of likely N-dealkylation sites (tertiary alicyclic amines) is 1. The van der Waals surface area contributed by atoms with Crippen molar-refractivity contribution in [3.05, 3.63) is 34.9 Å². The van der Waals surface area contributed by atoms with Crippen molar-refractivity contribution in [2.75, 3.05) is 26.7 Å². The van der Waals surface area contributed by atoms with E-state index in [1.807, 2.05) is 44.9 Å². The molecule has 0 aliphatic carbocycles. The number of amides is 1. The van der Waals surface area contributed by atoms with Crippen molar-refractivity contribution in [3.63, 3.8) is 0 Å². The molecule has 5 heteroatoms. The van der Waals surface area contributed by atoms with Gasteiger partial charge in [0.2, 0.25) is 0 Å². The average molecular weight is 339 g/mol. The third-order valence-electron chi connectivity index (χ3n) is 4.17. The van der Waals surface area contributed by atoms with Gasteiger partial charge in [-0.15, -0.1) is 0 Å². The van der Waals surface area contributed by atoms with E-state index in [1.165, 1.54) is 5.56 Å². The van der Waals surface area contributed by atoms with Crippen LogP contribution in [0.25, 0.3) is 0 Å². The molecule has 0 bridgehead atoms. The minimum absolute atomic E-state index is 0.209. The van der Waals surface area contributed by atoms with Crippen LogP contribution in [-0.2, 0) is 4.74 Å². The summed E-state index contributed by atoms with van der Waals surface area (Å²) in [5.74, 6) is 0.792. The Morgan fingerprint density at radius 2 is 2.04 bits per heavy atom. The molecule has 128 valence electrons. The SMILES string of the molecule is CNCC(c1ccc(Cl)cc1)C1CCN(C(=O)OC(C)(C)C)C1. The number of carbonyl (C=O) groups excluding carboxylic acids is 1. The van der Waals surface area contributed by atoms with Gasteiger partial charge in [-0.2, -0.15) is 0 Å². The van der Waals surface area contributed by atoms with Crippen molar-refractivity contribution in [1.82, 2.24) is 10.2 Å². The smallest absolute Gasteiger partial charge is 0.410 e. The van der Waals surface area contributed by atoms with Crippen molar-refractivity contribution in [1.29, 1.82) is 0 Å². The van der Waals surface area contributed by atoms with Crippen LogP contribution in [0.1, 0.15) is 38.7 Å². The fraction of sp³-hybridized carbons (Fsp3) is 0.611. The van der Waals surface area contributed by atoms with Gasteiger partial charge >= 0.3 is 6.09 Å². The van der Waals surface area contributed by atoms with Crippen molar-refractivity contribution < 1.29 is 9.53 Å². The van der Waals surface area contributed by atoms with Gasteiger partial charge in [-0.1, -0.05) is 23.7 Å². The molecule has 4 nitrogen and oxygen atoms in total. The predicted octanol–water partition coefficient (Wildman–Crippen LogP) is 3.90. The summed E-state index contributed by atoms with van der Waals surface area (Å²) in [7, 11) is 1.96. The van der Waals surface area contributed by atoms with E-state index < -0.39 is 5.60 Å². The zero-order chi connectivity index (χ0) is 17.0. The summed E-state index contributed by atoms with van der Waals surface area (Å²) < 4.78 is 5.49. The number of hydrogen-bond donors (Lipinski definition) is 1. The Morgan fingerprint density at radius 1 is 1.39 bits per heavy atom. The fourth-order valence-corrected chi connectivity index (χ4v) is 3.22. The monoisotopic (exact) mass is 338 g/mol. The first-order valence-electron chi connectivity index (χ1n) is 8.18. The maximum absolute atomic E-state index is 12.2. The third kappa shape index (κ3) is 5.11. The quantitative estimate of drug-likeness (QED) is 0.905. The second-order valence-electron chi connectivity index (χ2n) is 7.19. The summed E-state index contributed by atoms with van der Waals surface area (Å²) in [5, 5.41) is 4.02. The van der Waals surface area contributed by atoms with Crippen LogP contribution in [0.2, 0.25) is 5.02 Å². The highest BCUT2D eigenvalue weighted by atomic mass is 35.5. The van der Waals surface area contributed by atoms with E-state index in [4.69, 9.17) is 16.3 Å². The number of nitrogens with one attached hydrogen (secondary N) is 1. The molecule has 1 N–H and O–H groups in total. The molecule has 2 rings (SSSR count). The van der Waals surface area contributed by atoms with Crippen molar-refractivity contribution in [2.24, 2.45) is 5.92 Å². The zero-order valence-electron chi connectivity index (χ0n) is 14.4. The lowest BCUT2D eigenvalue weighted by Gasteiger charge is -2.26. The zero-order valence-corrected chi connectivity index (χ0v) is 15.2. The van der Waals surface area contributed by atoms with Gasteiger partial charge in [0, 0.05) is 30.6 Å². The predicted molar refractivity (Wildman–Crippen MR) is 94.0 cm³/mol. The summed E-state index contributed by atoms with van der Waals surface area (Å²) >= 11 is 5.99. The molecule has 23 heavy (non-hydrogen) atoms. The highest BCUT2D eigenvalue weighted by Crippen LogP contribution is 2.33. The van der Waals surface area contributed by atoms with Crippen LogP contribution >= 0.6 is 11.6 Å². The fourth-order valence-electron chi connectivity index (χ4n) is 3.09. The van der Waals surface area contributed by atoms with Gasteiger partial charge in [-0.25, -0.2) is 4.79 Å². The molecule has 1 aliphatic heterocycles. The summed E-state index contributed by atoms with van der Waals surface area (Å²) in [6, 6.07) is 8.03. The highest BCUT2D eigenvalue weighted by molar-refractivity contribution is 6.30. The molecule has 0 saturated carbocycles. The average Bonchev–Trinajstić information content (AvgIpc) is 2.94. The van der Waals surface area contributed by atoms with Gasteiger partial charge in [-0.3, -0.25) is 0 Å². The Balaban J connectivity index is 2.04. The van der Waals surface area contributed by atoms with Crippen molar-refractivity contribution >= 4 is 17.7 Å². The first kappa shape index (κ1) is 18.1. The number of carbonyl (C=O) groups is 1. The summed E-state index contributed by atoms with van der Waals surface area (Å²) in [4.78, 5) is 14.1. The number of likely N-dealkylation sites (N-methyl/N-ethyl adjacent to an activating group) is 1. The molecule has 1 fully saturated rings. The Hall–Kier alpha value is -1.26. The lowest BCUT2D eigenvalue weighted by molar-refractivity contribution is 0.0286. The molecular formula is C18H27ClN2O2. The molecule has 1 saturated heterocycles. The molecule has 2 unspecified atom stereocenters. The van der Waals surface area contributed by atoms with E-state index in [9.17, 15) is 4.79 Å². The van der Waals surface area contributed by atoms with Gasteiger partial charge in [0.1, 0.15) is 5.60 Å². The Bertz CT molecular complexity index is 525. The largest absolute Gasteiger partial charge is 0.444 e. The number of halogens is 1. The number of benzene rings is 1. The van der Waals surface area contributed by atoms with E-state index in [-0.39, 0.29) is 6.09 Å². The lowest BCUT2D eigenvalue weighted by Crippen LogP contribution is -2.36. The Kier molecular flexibility index (Phi) is 5.93. The lowest BCUT2D eigenvalue weighted by atomic mass is 9.85. The van der Waals surface area contributed by atoms with Gasteiger partial charge in [0.15, 0.2) is 0 Å². The maximum atomic E-state index is 12.2. The summed E-state index contributed by atoms with van der Waals surface area (Å²) in [6.07, 6.45) is 0.785. The van der Waals surface area contributed by atoms with E-state index in [1.54, 1.807) is 0 Å². The van der Waals surface area contributed by atoms with E-state index in [2.05, 4.69) is 17.4 Å². The minimum atomic E-state index is -0.449. The van der Waals surface area contributed by atoms with E-state index in [0.29, 0.717) is 11.8 Å². The van der Waals surface area contributed by atoms with E-state index >= 15 is 0 Å². The highest BCUT2D eigenvalue weighted by Gasteiger charge is 2.34. The molecule has 1 aromatic carbocycles. The first-order valence-corrected chi connectivity index (χ1v) is 8.56. The van der Waals surface area contributed by atoms with Gasteiger partial charge in [-0.05, 0) is 57.9 Å². The summed E-state index contributed by atoms with van der Waals surface area (Å²) in [5.41, 5.74) is 0.815. The first-order chi connectivity index (χ1) is 10.8. The van der Waals surface area contributed by atoms with Gasteiger partial charge in [0.25, 0.3) is 0 Å². The third-order valence-corrected chi connectivity index (χ3v) is 4.42. The van der Waals surface area contributed by atoms with Crippen LogP contribution in [0.4, 0.5) is 4.79 Å². The second kappa shape index (κ2) is 7.54. The molecule has 0 spiro atoms. The number of nitrogens with zero attached hydrogens (tertiary/aromatic N) is 1. The molecule has 0 aromatic heterocycles. The van der Waals surface area contributed by atoms with Crippen LogP contribution in [0.5, 0.6) is 0 Å². The summed E-state index contributed by atoms with van der Waals surface area (Å²) in [6.45, 7) is 8.08. The molecule has 2 atom stereocenters. The molecular weight excluding hydrogens is 312 g/mol. The Morgan fingerprint density at radius 3 is 2.61 bits per heavy atom. The van der Waals surface area contributed by atoms with Crippen LogP contribution in [0.3, 0.4) is 0 Å². The standard InChI is InChI=1S/C18H27ClN2O2/c1-18(2,3)23-17(22)21-10-9-14(12-21)16(11-20-4)13-5-7-15(19)8-6-13/h5-8,14,16,20H,9-12H2,1-4H3. The molecule has 0 radical (unpaired) electrons. The normalized spacial score (nSPS) is 19.7. The van der Waals surface area contributed by atoms with Crippen LogP contribution < -0.4 is 5.32 Å². The number of rotatable bonds is 4. The Labute approximate surface area is 144 Å². The van der Waals surface area contributed by atoms with Gasteiger partial charge in [0.05, 0.1) is 0 Å².